The fourth-order valence-corrected chi connectivity index (χ4v) is 9.58. The highest BCUT2D eigenvalue weighted by Crippen LogP contribution is 2.75. The number of benzene rings is 6. The molecule has 2 aromatic heterocycles. The Kier molecular flexibility index (Phi) is 7.61. The van der Waals surface area contributed by atoms with Crippen LogP contribution in [0.15, 0.2) is 176 Å². The molecule has 0 amide bonds. The van der Waals surface area contributed by atoms with Crippen LogP contribution < -0.4 is 0 Å². The first-order valence-corrected chi connectivity index (χ1v) is 19.5. The molecule has 11 rings (SSSR count). The molecule has 262 valence electrons. The van der Waals surface area contributed by atoms with Gasteiger partial charge in [0.2, 0.25) is 0 Å². The highest BCUT2D eigenvalue weighted by Gasteiger charge is 2.67. The molecule has 6 aromatic carbocycles. The molecule has 0 aliphatic heterocycles. The van der Waals surface area contributed by atoms with E-state index in [4.69, 9.17) is 19.9 Å². The minimum atomic E-state index is 0.711. The third-order valence-electron chi connectivity index (χ3n) is 12.5. The first kappa shape index (κ1) is 32.0. The van der Waals surface area contributed by atoms with Gasteiger partial charge in [-0.2, -0.15) is 0 Å². The molecule has 4 heteroatoms. The minimum absolute atomic E-state index is 0.711. The van der Waals surface area contributed by atoms with Crippen LogP contribution in [0.25, 0.3) is 78.9 Å². The summed E-state index contributed by atoms with van der Waals surface area (Å²) in [6.45, 7) is 0. The fourth-order valence-electron chi connectivity index (χ4n) is 9.58. The summed E-state index contributed by atoms with van der Waals surface area (Å²) in [5, 5.41) is 0. The van der Waals surface area contributed by atoms with Crippen LogP contribution in [0.2, 0.25) is 0 Å². The van der Waals surface area contributed by atoms with Crippen molar-refractivity contribution in [2.24, 2.45) is 23.7 Å². The molecule has 3 saturated carbocycles. The third kappa shape index (κ3) is 5.68. The van der Waals surface area contributed by atoms with Crippen molar-refractivity contribution in [1.82, 2.24) is 19.9 Å². The van der Waals surface area contributed by atoms with E-state index in [1.165, 1.54) is 18.4 Å². The van der Waals surface area contributed by atoms with Crippen LogP contribution in [0, 0.1) is 23.7 Å². The Bertz CT molecular complexity index is 2590. The van der Waals surface area contributed by atoms with Crippen molar-refractivity contribution in [3.63, 3.8) is 0 Å². The van der Waals surface area contributed by atoms with Gasteiger partial charge in [-0.1, -0.05) is 158 Å². The average molecular weight is 707 g/mol. The Balaban J connectivity index is 0.919. The van der Waals surface area contributed by atoms with Crippen LogP contribution in [0.3, 0.4) is 0 Å². The zero-order valence-electron chi connectivity index (χ0n) is 30.3. The van der Waals surface area contributed by atoms with Crippen molar-refractivity contribution in [3.05, 3.63) is 181 Å². The van der Waals surface area contributed by atoms with E-state index in [-0.39, 0.29) is 0 Å². The predicted molar refractivity (Wildman–Crippen MR) is 222 cm³/mol. The van der Waals surface area contributed by atoms with Gasteiger partial charge in [-0.3, -0.25) is 0 Å². The van der Waals surface area contributed by atoms with Crippen LogP contribution in [0.4, 0.5) is 0 Å². The average Bonchev–Trinajstić information content (AvgIpc) is 3.27. The molecule has 0 radical (unpaired) electrons. The lowest BCUT2D eigenvalue weighted by atomic mass is 9.31. The number of rotatable bonds is 8. The van der Waals surface area contributed by atoms with Crippen LogP contribution in [0.5, 0.6) is 0 Å². The summed E-state index contributed by atoms with van der Waals surface area (Å²) in [5.74, 6) is 6.16. The molecular weight excluding hydrogens is 669 g/mol. The quantitative estimate of drug-likeness (QED) is 0.158. The molecule has 0 bridgehead atoms. The highest BCUT2D eigenvalue weighted by atomic mass is 14.9. The number of aromatic nitrogens is 4. The van der Waals surface area contributed by atoms with Gasteiger partial charge in [-0.25, -0.2) is 19.9 Å². The summed E-state index contributed by atoms with van der Waals surface area (Å²) in [6, 6.07) is 61.7. The Morgan fingerprint density at radius 2 is 0.727 bits per heavy atom. The summed E-state index contributed by atoms with van der Waals surface area (Å²) in [7, 11) is 0. The molecule has 2 atom stereocenters. The van der Waals surface area contributed by atoms with E-state index in [1.54, 1.807) is 0 Å². The van der Waals surface area contributed by atoms with Crippen LogP contribution >= 0.6 is 0 Å². The van der Waals surface area contributed by atoms with Gasteiger partial charge in [-0.05, 0) is 77.3 Å². The van der Waals surface area contributed by atoms with Crippen LogP contribution in [0.1, 0.15) is 24.3 Å². The van der Waals surface area contributed by atoms with Gasteiger partial charge in [-0.15, -0.1) is 0 Å². The molecule has 3 aliphatic rings. The highest BCUT2D eigenvalue weighted by molar-refractivity contribution is 5.78. The molecule has 8 aromatic rings. The molecular formula is C51H38N4. The van der Waals surface area contributed by atoms with Gasteiger partial charge >= 0.3 is 0 Å². The molecule has 2 unspecified atom stereocenters. The zero-order chi connectivity index (χ0) is 36.3. The van der Waals surface area contributed by atoms with Gasteiger partial charge in [0.05, 0.1) is 22.8 Å². The van der Waals surface area contributed by atoms with E-state index in [0.717, 1.165) is 103 Å². The van der Waals surface area contributed by atoms with Gasteiger partial charge in [0.15, 0.2) is 11.6 Å². The monoisotopic (exact) mass is 706 g/mol. The maximum atomic E-state index is 5.17. The summed E-state index contributed by atoms with van der Waals surface area (Å²) in [6.07, 6.45) is 2.88. The molecule has 0 spiro atoms. The lowest BCUT2D eigenvalue weighted by Crippen LogP contribution is -2.65. The zero-order valence-corrected chi connectivity index (χ0v) is 30.3. The second-order valence-electron chi connectivity index (χ2n) is 15.5. The minimum Gasteiger partial charge on any atom is -0.228 e. The van der Waals surface area contributed by atoms with Gasteiger partial charge in [0.1, 0.15) is 0 Å². The van der Waals surface area contributed by atoms with Crippen molar-refractivity contribution in [2.75, 3.05) is 0 Å². The first-order valence-electron chi connectivity index (χ1n) is 19.5. The first-order chi connectivity index (χ1) is 27.2. The normalized spacial score (nSPS) is 20.4. The lowest BCUT2D eigenvalue weighted by Gasteiger charge is -2.73. The van der Waals surface area contributed by atoms with Crippen LogP contribution in [-0.4, -0.2) is 19.9 Å². The summed E-state index contributed by atoms with van der Waals surface area (Å²) in [5.41, 5.74) is 13.7. The second kappa shape index (κ2) is 13.1. The Morgan fingerprint density at radius 1 is 0.327 bits per heavy atom. The molecule has 0 N–H and O–H groups in total. The topological polar surface area (TPSA) is 51.6 Å². The second-order valence-corrected chi connectivity index (χ2v) is 15.5. The standard InChI is InChI=1S/C51H38N4/c1-4-11-33(12-5-1)44-30-46(54-51(53-44)38-25-23-36(24-26-38)48-42-28-41-29-43(48)49(41)42)35-21-19-32(20-22-35)39-17-10-18-40(27-39)47-31-45(34-13-6-2-7-14-34)52-50(55-47)37-15-8-3-9-16-37/h1-27,30-31,41-43,48-49H,28-29H2. The number of hydrogen-bond donors (Lipinski definition) is 0. The smallest absolute Gasteiger partial charge is 0.160 e. The maximum Gasteiger partial charge on any atom is 0.160 e. The Labute approximate surface area is 321 Å². The Hall–Kier alpha value is -6.52. The van der Waals surface area contributed by atoms with Gasteiger partial charge in [0, 0.05) is 33.4 Å². The summed E-state index contributed by atoms with van der Waals surface area (Å²) in [4.78, 5) is 20.3. The Morgan fingerprint density at radius 3 is 1.24 bits per heavy atom. The molecule has 0 saturated heterocycles. The third-order valence-corrected chi connectivity index (χ3v) is 12.5. The van der Waals surface area contributed by atoms with Crippen molar-refractivity contribution in [1.29, 1.82) is 0 Å². The molecule has 4 nitrogen and oxygen atoms in total. The number of hydrogen-bond acceptors (Lipinski definition) is 4. The fraction of sp³-hybridized carbons (Fsp3) is 0.137. The van der Waals surface area contributed by atoms with E-state index >= 15 is 0 Å². The summed E-state index contributed by atoms with van der Waals surface area (Å²) >= 11 is 0. The summed E-state index contributed by atoms with van der Waals surface area (Å²) < 4.78 is 0. The van der Waals surface area contributed by atoms with Crippen molar-refractivity contribution in [2.45, 2.75) is 18.8 Å². The van der Waals surface area contributed by atoms with Gasteiger partial charge < -0.3 is 0 Å². The van der Waals surface area contributed by atoms with Crippen LogP contribution in [-0.2, 0) is 0 Å². The largest absolute Gasteiger partial charge is 0.228 e. The molecule has 55 heavy (non-hydrogen) atoms. The SMILES string of the molecule is c1ccc(-c2cc(-c3ccc(-c4cccc(-c5cc(-c6ccccc6)nc(-c6ccccc6)n5)c4)cc3)nc(-c3ccc(C4C5CC6CC4C65)cc3)n2)cc1. The van der Waals surface area contributed by atoms with E-state index in [2.05, 4.69) is 133 Å². The van der Waals surface area contributed by atoms with Crippen molar-refractivity contribution in [3.8, 4) is 78.9 Å². The van der Waals surface area contributed by atoms with E-state index in [9.17, 15) is 0 Å². The maximum absolute atomic E-state index is 5.17. The van der Waals surface area contributed by atoms with Gasteiger partial charge in [0.25, 0.3) is 0 Å². The number of nitrogens with zero attached hydrogens (tertiary/aromatic N) is 4. The molecule has 3 fully saturated rings. The lowest BCUT2D eigenvalue weighted by molar-refractivity contribution is -0.214. The molecule has 2 heterocycles. The van der Waals surface area contributed by atoms with E-state index in [0.29, 0.717) is 5.82 Å². The van der Waals surface area contributed by atoms with E-state index in [1.807, 2.05) is 42.5 Å². The predicted octanol–water partition coefficient (Wildman–Crippen LogP) is 12.3. The van der Waals surface area contributed by atoms with Crippen molar-refractivity contribution >= 4 is 0 Å². The van der Waals surface area contributed by atoms with E-state index < -0.39 is 0 Å². The van der Waals surface area contributed by atoms with Crippen molar-refractivity contribution < 1.29 is 0 Å². The molecule has 3 aliphatic carbocycles.